The van der Waals surface area contributed by atoms with E-state index in [4.69, 9.17) is 19.9 Å². The van der Waals surface area contributed by atoms with Crippen molar-refractivity contribution < 1.29 is 0 Å². The summed E-state index contributed by atoms with van der Waals surface area (Å²) in [6.07, 6.45) is 18.0. The summed E-state index contributed by atoms with van der Waals surface area (Å²) in [6.45, 7) is 36.3. The minimum absolute atomic E-state index is 0.825. The summed E-state index contributed by atoms with van der Waals surface area (Å²) in [5, 5.41) is 0. The van der Waals surface area contributed by atoms with E-state index in [2.05, 4.69) is 191 Å². The topological polar surface area (TPSA) is 115 Å². The van der Waals surface area contributed by atoms with E-state index in [9.17, 15) is 0 Å². The predicted octanol–water partition coefficient (Wildman–Crippen LogP) is 20.3. The number of hydrogen-bond donors (Lipinski definition) is 4. The molecule has 86 heavy (non-hydrogen) atoms. The summed E-state index contributed by atoms with van der Waals surface area (Å²) >= 11 is 0. The lowest BCUT2D eigenvalue weighted by molar-refractivity contribution is 1.07. The molecule has 10 rings (SSSR count). The fraction of sp³-hybridized carbons (Fsp3) is 0.410. The first kappa shape index (κ1) is 61.2. The zero-order chi connectivity index (χ0) is 61.1. The second kappa shape index (κ2) is 26.4. The maximum absolute atomic E-state index is 5.67. The number of aromatic nitrogens is 8. The molecule has 0 spiro atoms. The van der Waals surface area contributed by atoms with Gasteiger partial charge in [0.05, 0.1) is 67.7 Å². The molecule has 0 saturated heterocycles. The summed E-state index contributed by atoms with van der Waals surface area (Å²) in [4.78, 5) is 38.2. The Labute approximate surface area is 512 Å². The first-order chi connectivity index (χ1) is 41.9. The smallest absolute Gasteiger partial charge is 0.0850 e. The Bertz CT molecular complexity index is 4340. The maximum Gasteiger partial charge on any atom is 0.0850 e. The van der Waals surface area contributed by atoms with E-state index in [1.807, 2.05) is 12.2 Å². The van der Waals surface area contributed by atoms with Crippen LogP contribution in [-0.2, 0) is 51.4 Å². The highest BCUT2D eigenvalue weighted by Crippen LogP contribution is 2.43. The third-order valence-corrected chi connectivity index (χ3v) is 18.9. The molecule has 0 radical (unpaired) electrons. The minimum Gasteiger partial charge on any atom is -0.355 e. The van der Waals surface area contributed by atoms with Crippen LogP contribution in [0.25, 0.3) is 88.7 Å². The molecule has 0 amide bonds. The molecule has 4 aliphatic rings. The lowest BCUT2D eigenvalue weighted by Crippen LogP contribution is -1.93. The molecule has 4 aliphatic heterocycles. The lowest BCUT2D eigenvalue weighted by Gasteiger charge is -2.06. The van der Waals surface area contributed by atoms with Crippen LogP contribution in [0.5, 0.6) is 0 Å². The number of nitrogens with zero attached hydrogens (tertiary/aromatic N) is 4. The van der Waals surface area contributed by atoms with Gasteiger partial charge in [0.25, 0.3) is 0 Å². The van der Waals surface area contributed by atoms with Crippen LogP contribution in [0.3, 0.4) is 0 Å². The van der Waals surface area contributed by atoms with E-state index in [0.717, 1.165) is 204 Å². The van der Waals surface area contributed by atoms with E-state index in [1.54, 1.807) is 0 Å². The molecule has 8 heteroatoms. The van der Waals surface area contributed by atoms with Crippen LogP contribution >= 0.6 is 0 Å². The highest BCUT2D eigenvalue weighted by atomic mass is 14.8. The zero-order valence-electron chi connectivity index (χ0n) is 54.7. The van der Waals surface area contributed by atoms with Gasteiger partial charge in [-0.3, -0.25) is 0 Å². The normalized spacial score (nSPS) is 13.4. The molecule has 0 saturated carbocycles. The summed E-state index contributed by atoms with van der Waals surface area (Å²) < 4.78 is 0. The van der Waals surface area contributed by atoms with Gasteiger partial charge >= 0.3 is 0 Å². The molecule has 6 aromatic heterocycles. The van der Waals surface area contributed by atoms with Crippen molar-refractivity contribution in [2.24, 2.45) is 0 Å². The van der Waals surface area contributed by atoms with E-state index in [0.29, 0.717) is 0 Å². The summed E-state index contributed by atoms with van der Waals surface area (Å²) in [5.74, 6) is 14.7. The fourth-order valence-electron chi connectivity index (χ4n) is 14.9. The van der Waals surface area contributed by atoms with Gasteiger partial charge in [0.2, 0.25) is 0 Å². The molecule has 0 aromatic carbocycles. The van der Waals surface area contributed by atoms with Crippen LogP contribution in [0.4, 0.5) is 0 Å². The van der Waals surface area contributed by atoms with E-state index >= 15 is 0 Å². The Kier molecular flexibility index (Phi) is 18.7. The molecule has 0 atom stereocenters. The van der Waals surface area contributed by atoms with E-state index in [1.165, 1.54) is 89.1 Å². The minimum atomic E-state index is 0.825. The fourth-order valence-corrected chi connectivity index (χ4v) is 14.9. The number of allylic oxidation sites excluding steroid dienone is 10. The number of rotatable bonds is 16. The first-order valence-corrected chi connectivity index (χ1v) is 33.1. The second-order valence-electron chi connectivity index (χ2n) is 23.0. The first-order valence-electron chi connectivity index (χ1n) is 33.1. The largest absolute Gasteiger partial charge is 0.355 e. The van der Waals surface area contributed by atoms with Crippen molar-refractivity contribution in [3.63, 3.8) is 0 Å². The SMILES string of the molecule is CCC1=C(CC)c2cc3[nH]c(cc4[nH]c(c(C#C/C=C/C#Cc5c6nc(cc7[nH]c(cc8nc(cc9[nH]c5c(CC)c9CC)C(CC)=C8CC)c(CC)c7CC)C(CC)=C6CC)c5nc(cc1n2)C(CC)=C5CC)c(CC)c4CC)c(CC)c3CC. The third-order valence-electron chi connectivity index (χ3n) is 18.9. The number of aryl methyl sites for hydroxylation is 8. The Morgan fingerprint density at radius 2 is 0.512 bits per heavy atom. The molecule has 4 N–H and O–H groups in total. The van der Waals surface area contributed by atoms with Crippen molar-refractivity contribution in [3.8, 4) is 23.7 Å². The van der Waals surface area contributed by atoms with Gasteiger partial charge in [-0.25, -0.2) is 19.9 Å². The van der Waals surface area contributed by atoms with Crippen LogP contribution in [0.1, 0.15) is 263 Å². The quantitative estimate of drug-likeness (QED) is 0.0723. The second-order valence-corrected chi connectivity index (χ2v) is 23.0. The van der Waals surface area contributed by atoms with E-state index < -0.39 is 0 Å². The molecule has 0 unspecified atom stereocenters. The zero-order valence-corrected chi connectivity index (χ0v) is 54.7. The Balaban J connectivity index is 1.26. The van der Waals surface area contributed by atoms with Crippen LogP contribution in [0, 0.1) is 23.7 Å². The lowest BCUT2D eigenvalue weighted by atomic mass is 9.95. The molecular formula is C78H92N8. The average molecular weight is 1140 g/mol. The van der Waals surface area contributed by atoms with Crippen molar-refractivity contribution in [1.82, 2.24) is 39.9 Å². The van der Waals surface area contributed by atoms with Crippen LogP contribution in [0.2, 0.25) is 0 Å². The standard InChI is InChI=1S/C78H92N8/c1-17-45-49(21-5)67-41-71-53(25-9)57(29-13)75(83-71)61(76-58(30-14)54(26-10)72(84-76)42-68-50(22-6)46(18-2)64(80-68)39-63(45)79-67)37-35-33-34-36-38-62-77-59(31-15)55(27-11)73(85-77)43-69-51(23-7)47(19-3)65(81-69)40-66-48(20-4)52(24-8)70(82-66)44-74-56(28-12)60(32-16)78(62)86-74/h33-34,39-44,79,81,83,86H,17-32H2,1-16H3/b34-33+,63-39?,64-39?,65-40?,66-40?,67-41?,68-42?,69-43?,70-44?,71-41?,72-42?,73-43?,74-44?,75-61?,76-61?,77-62?,78-62?. The number of nitrogens with one attached hydrogen (secondary N) is 4. The molecule has 10 heterocycles. The summed E-state index contributed by atoms with van der Waals surface area (Å²) in [6, 6.07) is 13.9. The van der Waals surface area contributed by atoms with Gasteiger partial charge in [-0.1, -0.05) is 134 Å². The van der Waals surface area contributed by atoms with Gasteiger partial charge in [-0.15, -0.1) is 0 Å². The Morgan fingerprint density at radius 3 is 0.826 bits per heavy atom. The molecule has 0 aliphatic carbocycles. The van der Waals surface area contributed by atoms with Crippen molar-refractivity contribution in [3.05, 3.63) is 150 Å². The Morgan fingerprint density at radius 1 is 0.267 bits per heavy atom. The Hall–Kier alpha value is -7.94. The maximum atomic E-state index is 5.67. The molecule has 16 bridgehead atoms. The average Bonchev–Trinajstić information content (AvgIpc) is 1.89. The monoisotopic (exact) mass is 1140 g/mol. The van der Waals surface area contributed by atoms with Gasteiger partial charge in [0.1, 0.15) is 0 Å². The van der Waals surface area contributed by atoms with Crippen LogP contribution < -0.4 is 0 Å². The molecule has 0 fully saturated rings. The van der Waals surface area contributed by atoms with Crippen molar-refractivity contribution >= 4 is 88.7 Å². The number of hydrogen-bond acceptors (Lipinski definition) is 4. The summed E-state index contributed by atoms with van der Waals surface area (Å²) in [5.41, 5.74) is 39.6. The van der Waals surface area contributed by atoms with Gasteiger partial charge in [0.15, 0.2) is 0 Å². The number of fused-ring (bicyclic) bond motifs is 16. The van der Waals surface area contributed by atoms with Crippen LogP contribution in [0.15, 0.2) is 48.6 Å². The van der Waals surface area contributed by atoms with Gasteiger partial charge in [-0.05, 0) is 240 Å². The van der Waals surface area contributed by atoms with Crippen molar-refractivity contribution in [2.75, 3.05) is 0 Å². The van der Waals surface area contributed by atoms with Gasteiger partial charge in [0, 0.05) is 33.1 Å². The molecule has 6 aromatic rings. The molecule has 444 valence electrons. The van der Waals surface area contributed by atoms with Gasteiger partial charge in [-0.2, -0.15) is 0 Å². The summed E-state index contributed by atoms with van der Waals surface area (Å²) in [7, 11) is 0. The highest BCUT2D eigenvalue weighted by molar-refractivity contribution is 6.00. The third kappa shape index (κ3) is 10.6. The predicted molar refractivity (Wildman–Crippen MR) is 370 cm³/mol. The van der Waals surface area contributed by atoms with Crippen LogP contribution in [-0.4, -0.2) is 39.9 Å². The van der Waals surface area contributed by atoms with Crippen molar-refractivity contribution in [1.29, 1.82) is 0 Å². The van der Waals surface area contributed by atoms with Crippen molar-refractivity contribution in [2.45, 2.75) is 214 Å². The number of H-pyrrole nitrogens is 4. The molecular weight excluding hydrogens is 1050 g/mol. The van der Waals surface area contributed by atoms with Gasteiger partial charge < -0.3 is 19.9 Å². The highest BCUT2D eigenvalue weighted by Gasteiger charge is 2.28. The van der Waals surface area contributed by atoms with E-state index in [-0.39, 0.29) is 0 Å². The molecule has 8 nitrogen and oxygen atoms in total. The number of aromatic amines is 4.